The van der Waals surface area contributed by atoms with Crippen molar-refractivity contribution in [2.45, 2.75) is 18.2 Å². The van der Waals surface area contributed by atoms with Gasteiger partial charge in [-0.15, -0.1) is 10.2 Å². The van der Waals surface area contributed by atoms with Crippen LogP contribution in [0.4, 0.5) is 10.8 Å². The Morgan fingerprint density at radius 1 is 1.18 bits per heavy atom. The molecule has 3 aromatic rings. The highest BCUT2D eigenvalue weighted by atomic mass is 32.2. The van der Waals surface area contributed by atoms with Gasteiger partial charge in [0.05, 0.1) is 4.90 Å². The van der Waals surface area contributed by atoms with Crippen LogP contribution in [-0.2, 0) is 16.4 Å². The van der Waals surface area contributed by atoms with Crippen LogP contribution in [0.15, 0.2) is 66.0 Å². The lowest BCUT2D eigenvalue weighted by molar-refractivity contribution is 0.104. The SMILES string of the molecule is CCc1nnc(NS(=O)(=O)c2ccc(N/C=C/C(=O)c3cccnc3)cc2)s1. The van der Waals surface area contributed by atoms with E-state index in [-0.39, 0.29) is 15.8 Å². The van der Waals surface area contributed by atoms with Crippen molar-refractivity contribution in [3.63, 3.8) is 0 Å². The maximum absolute atomic E-state index is 12.4. The van der Waals surface area contributed by atoms with E-state index in [9.17, 15) is 13.2 Å². The second-order valence-electron chi connectivity index (χ2n) is 5.57. The fourth-order valence-corrected chi connectivity index (χ4v) is 4.07. The number of pyridine rings is 1. The third kappa shape index (κ3) is 4.99. The fraction of sp³-hybridized carbons (Fsp3) is 0.111. The fourth-order valence-electron chi connectivity index (χ4n) is 2.16. The molecule has 0 radical (unpaired) electrons. The number of carbonyl (C=O) groups excluding carboxylic acids is 1. The Kier molecular flexibility index (Phi) is 6.12. The lowest BCUT2D eigenvalue weighted by Gasteiger charge is -2.06. The summed E-state index contributed by atoms with van der Waals surface area (Å²) in [4.78, 5) is 15.9. The first-order valence-corrected chi connectivity index (χ1v) is 10.6. The molecule has 0 atom stereocenters. The number of hydrogen-bond donors (Lipinski definition) is 2. The number of ketones is 1. The molecule has 0 bridgehead atoms. The van der Waals surface area contributed by atoms with Gasteiger partial charge in [0, 0.05) is 35.9 Å². The van der Waals surface area contributed by atoms with Gasteiger partial charge in [0.25, 0.3) is 10.0 Å². The molecule has 28 heavy (non-hydrogen) atoms. The topological polar surface area (TPSA) is 114 Å². The van der Waals surface area contributed by atoms with E-state index in [1.54, 1.807) is 30.5 Å². The number of nitrogens with one attached hydrogen (secondary N) is 2. The molecule has 0 spiro atoms. The number of rotatable bonds is 8. The van der Waals surface area contributed by atoms with Crippen LogP contribution in [0.5, 0.6) is 0 Å². The number of nitrogens with zero attached hydrogens (tertiary/aromatic N) is 3. The molecule has 0 unspecified atom stereocenters. The van der Waals surface area contributed by atoms with Crippen molar-refractivity contribution in [2.24, 2.45) is 0 Å². The summed E-state index contributed by atoms with van der Waals surface area (Å²) in [5, 5.41) is 11.6. The number of carbonyl (C=O) groups is 1. The van der Waals surface area contributed by atoms with Crippen molar-refractivity contribution in [3.05, 3.63) is 71.6 Å². The van der Waals surface area contributed by atoms with E-state index in [0.717, 1.165) is 5.01 Å². The summed E-state index contributed by atoms with van der Waals surface area (Å²) >= 11 is 1.20. The molecule has 0 aliphatic rings. The van der Waals surface area contributed by atoms with Gasteiger partial charge in [0.2, 0.25) is 5.13 Å². The Hall–Kier alpha value is -3.11. The first kappa shape index (κ1) is 19.6. The predicted octanol–water partition coefficient (Wildman–Crippen LogP) is 3.10. The summed E-state index contributed by atoms with van der Waals surface area (Å²) in [6.07, 6.45) is 6.64. The van der Waals surface area contributed by atoms with Gasteiger partial charge in [-0.3, -0.25) is 14.5 Å². The van der Waals surface area contributed by atoms with Crippen molar-refractivity contribution in [3.8, 4) is 0 Å². The summed E-state index contributed by atoms with van der Waals surface area (Å²) in [6, 6.07) is 9.49. The first-order valence-electron chi connectivity index (χ1n) is 8.30. The van der Waals surface area contributed by atoms with Crippen molar-refractivity contribution in [2.75, 3.05) is 10.0 Å². The van der Waals surface area contributed by atoms with Crippen LogP contribution in [0.25, 0.3) is 0 Å². The molecule has 1 aromatic carbocycles. The second kappa shape index (κ2) is 8.72. The van der Waals surface area contributed by atoms with Gasteiger partial charge < -0.3 is 5.32 Å². The van der Waals surface area contributed by atoms with Crippen molar-refractivity contribution in [1.29, 1.82) is 0 Å². The minimum Gasteiger partial charge on any atom is -0.362 e. The standard InChI is InChI=1S/C18H17N5O3S2/c1-2-17-21-22-18(27-17)23-28(25,26)15-7-5-14(6-8-15)20-11-9-16(24)13-4-3-10-19-12-13/h3-12,20H,2H2,1H3,(H,22,23)/b11-9+. The minimum atomic E-state index is -3.74. The largest absolute Gasteiger partial charge is 0.362 e. The quantitative estimate of drug-likeness (QED) is 0.429. The van der Waals surface area contributed by atoms with Crippen LogP contribution in [0.3, 0.4) is 0 Å². The number of aromatic nitrogens is 3. The zero-order valence-corrected chi connectivity index (χ0v) is 16.5. The molecule has 2 N–H and O–H groups in total. The van der Waals surface area contributed by atoms with Crippen LogP contribution < -0.4 is 10.0 Å². The number of sulfonamides is 1. The third-order valence-corrected chi connectivity index (χ3v) is 6.05. The summed E-state index contributed by atoms with van der Waals surface area (Å²) in [5.74, 6) is -0.187. The average molecular weight is 416 g/mol. The molecule has 0 aliphatic heterocycles. The van der Waals surface area contributed by atoms with Crippen molar-refractivity contribution >= 4 is 38.0 Å². The number of hydrogen-bond acceptors (Lipinski definition) is 8. The smallest absolute Gasteiger partial charge is 0.263 e. The number of anilines is 2. The summed E-state index contributed by atoms with van der Waals surface area (Å²) in [6.45, 7) is 1.92. The maximum Gasteiger partial charge on any atom is 0.263 e. The summed E-state index contributed by atoms with van der Waals surface area (Å²) in [5.41, 5.74) is 1.12. The van der Waals surface area contributed by atoms with E-state index in [2.05, 4.69) is 25.2 Å². The molecule has 10 heteroatoms. The normalized spacial score (nSPS) is 11.5. The number of benzene rings is 1. The van der Waals surface area contributed by atoms with Crippen LogP contribution >= 0.6 is 11.3 Å². The Morgan fingerprint density at radius 2 is 1.96 bits per heavy atom. The highest BCUT2D eigenvalue weighted by molar-refractivity contribution is 7.93. The zero-order chi connectivity index (χ0) is 20.0. The molecule has 2 heterocycles. The van der Waals surface area contributed by atoms with Crippen molar-refractivity contribution < 1.29 is 13.2 Å². The molecule has 144 valence electrons. The Morgan fingerprint density at radius 3 is 2.61 bits per heavy atom. The lowest BCUT2D eigenvalue weighted by Crippen LogP contribution is -2.12. The maximum atomic E-state index is 12.4. The van der Waals surface area contributed by atoms with E-state index >= 15 is 0 Å². The van der Waals surface area contributed by atoms with E-state index in [0.29, 0.717) is 17.7 Å². The van der Waals surface area contributed by atoms with Gasteiger partial charge in [-0.25, -0.2) is 8.42 Å². The molecular formula is C18H17N5O3S2. The molecular weight excluding hydrogens is 398 g/mol. The molecule has 0 amide bonds. The van der Waals surface area contributed by atoms with Crippen LogP contribution in [0.1, 0.15) is 22.3 Å². The predicted molar refractivity (Wildman–Crippen MR) is 108 cm³/mol. The second-order valence-corrected chi connectivity index (χ2v) is 8.31. The monoisotopic (exact) mass is 415 g/mol. The Balaban J connectivity index is 1.62. The van der Waals surface area contributed by atoms with Gasteiger partial charge in [-0.2, -0.15) is 0 Å². The molecule has 0 saturated heterocycles. The lowest BCUT2D eigenvalue weighted by atomic mass is 10.2. The van der Waals surface area contributed by atoms with E-state index in [4.69, 9.17) is 0 Å². The third-order valence-electron chi connectivity index (χ3n) is 3.59. The Bertz CT molecular complexity index is 1080. The van der Waals surface area contributed by atoms with Crippen LogP contribution in [0.2, 0.25) is 0 Å². The van der Waals surface area contributed by atoms with Gasteiger partial charge in [0.15, 0.2) is 5.78 Å². The van der Waals surface area contributed by atoms with Gasteiger partial charge in [-0.05, 0) is 42.8 Å². The van der Waals surface area contributed by atoms with E-state index in [1.165, 1.54) is 41.9 Å². The minimum absolute atomic E-state index is 0.0988. The summed E-state index contributed by atoms with van der Waals surface area (Å²) in [7, 11) is -3.74. The van der Waals surface area contributed by atoms with Gasteiger partial charge in [-0.1, -0.05) is 18.3 Å². The molecule has 0 aliphatic carbocycles. The van der Waals surface area contributed by atoms with E-state index < -0.39 is 10.0 Å². The summed E-state index contributed by atoms with van der Waals surface area (Å²) < 4.78 is 27.2. The first-order chi connectivity index (χ1) is 13.5. The molecule has 0 saturated carbocycles. The number of allylic oxidation sites excluding steroid dienone is 1. The molecule has 2 aromatic heterocycles. The number of aryl methyl sites for hydroxylation is 1. The van der Waals surface area contributed by atoms with Gasteiger partial charge in [0.1, 0.15) is 5.01 Å². The zero-order valence-electron chi connectivity index (χ0n) is 14.9. The molecule has 3 rings (SSSR count). The van der Waals surface area contributed by atoms with Crippen LogP contribution in [0, 0.1) is 0 Å². The van der Waals surface area contributed by atoms with Crippen molar-refractivity contribution in [1.82, 2.24) is 15.2 Å². The average Bonchev–Trinajstić information content (AvgIpc) is 3.16. The van der Waals surface area contributed by atoms with Gasteiger partial charge >= 0.3 is 0 Å². The molecule has 8 nitrogen and oxygen atoms in total. The highest BCUT2D eigenvalue weighted by Gasteiger charge is 2.16. The van der Waals surface area contributed by atoms with Crippen LogP contribution in [-0.4, -0.2) is 29.4 Å². The Labute approximate surface area is 166 Å². The highest BCUT2D eigenvalue weighted by Crippen LogP contribution is 2.21. The molecule has 0 fully saturated rings. The van der Waals surface area contributed by atoms with E-state index in [1.807, 2.05) is 6.92 Å².